The predicted octanol–water partition coefficient (Wildman–Crippen LogP) is 3.67. The Morgan fingerprint density at radius 1 is 1.29 bits per heavy atom. The number of nitrogens with two attached hydrogens (primary N) is 1. The second-order valence-corrected chi connectivity index (χ2v) is 4.70. The average molecular weight is 325 g/mol. The molecule has 21 heavy (non-hydrogen) atoms. The maximum Gasteiger partial charge on any atom is 0.389 e. The normalized spacial score (nSPS) is 12.4. The highest BCUT2D eigenvalue weighted by Crippen LogP contribution is 2.22. The number of nitrogens with one attached hydrogen (secondary N) is 1. The Labute approximate surface area is 128 Å². The van der Waals surface area contributed by atoms with Gasteiger partial charge in [0.2, 0.25) is 5.91 Å². The third-order valence-corrected chi connectivity index (χ3v) is 2.86. The molecule has 1 aromatic rings. The molecule has 0 bridgehead atoms. The smallest absolute Gasteiger partial charge is 0.325 e. The van der Waals surface area contributed by atoms with E-state index in [9.17, 15) is 18.0 Å². The van der Waals surface area contributed by atoms with Crippen molar-refractivity contribution in [3.05, 3.63) is 29.8 Å². The van der Waals surface area contributed by atoms with Crippen LogP contribution in [0.1, 0.15) is 31.7 Å². The van der Waals surface area contributed by atoms with Crippen LogP contribution in [-0.4, -0.2) is 18.1 Å². The monoisotopic (exact) mass is 324 g/mol. The van der Waals surface area contributed by atoms with E-state index in [1.165, 1.54) is 0 Å². The van der Waals surface area contributed by atoms with Crippen molar-refractivity contribution in [2.24, 2.45) is 5.73 Å². The Balaban J connectivity index is 0.00000400. The Kier molecular flexibility index (Phi) is 8.36. The lowest BCUT2D eigenvalue weighted by Crippen LogP contribution is -2.35. The minimum absolute atomic E-state index is 0. The van der Waals surface area contributed by atoms with Gasteiger partial charge in [0, 0.05) is 12.1 Å². The summed E-state index contributed by atoms with van der Waals surface area (Å²) < 4.78 is 36.2. The summed E-state index contributed by atoms with van der Waals surface area (Å²) in [4.78, 5) is 11.7. The number of carbonyl (C=O) groups excluding carboxylic acids is 1. The summed E-state index contributed by atoms with van der Waals surface area (Å²) in [6.45, 7) is 1.93. The Hall–Kier alpha value is -1.27. The van der Waals surface area contributed by atoms with E-state index in [2.05, 4.69) is 5.32 Å². The summed E-state index contributed by atoms with van der Waals surface area (Å²) in [5.41, 5.74) is 6.78. The van der Waals surface area contributed by atoms with Crippen LogP contribution in [0, 0.1) is 0 Å². The second-order valence-electron chi connectivity index (χ2n) is 4.70. The molecule has 0 saturated heterocycles. The fourth-order valence-corrected chi connectivity index (χ4v) is 1.72. The largest absolute Gasteiger partial charge is 0.389 e. The van der Waals surface area contributed by atoms with Crippen LogP contribution < -0.4 is 11.1 Å². The van der Waals surface area contributed by atoms with Crippen LogP contribution in [0.4, 0.5) is 18.9 Å². The SMILES string of the molecule is CCCC(N)C(=O)Nc1ccc(CCC(F)(F)F)cc1.Cl. The topological polar surface area (TPSA) is 55.1 Å². The van der Waals surface area contributed by atoms with Gasteiger partial charge < -0.3 is 11.1 Å². The zero-order valence-corrected chi connectivity index (χ0v) is 12.6. The molecule has 120 valence electrons. The average Bonchev–Trinajstić information content (AvgIpc) is 2.37. The standard InChI is InChI=1S/C14H19F3N2O.ClH/c1-2-3-12(18)13(20)19-11-6-4-10(5-7-11)8-9-14(15,16)17;/h4-7,12H,2-3,8-9,18H2,1H3,(H,19,20);1H. The third kappa shape index (κ3) is 7.92. The molecular formula is C14H20ClF3N2O. The van der Waals surface area contributed by atoms with Crippen molar-refractivity contribution in [2.45, 2.75) is 44.8 Å². The van der Waals surface area contributed by atoms with Crippen molar-refractivity contribution >= 4 is 24.0 Å². The lowest BCUT2D eigenvalue weighted by atomic mass is 10.1. The molecule has 1 aromatic carbocycles. The summed E-state index contributed by atoms with van der Waals surface area (Å²) in [5.74, 6) is -0.283. The van der Waals surface area contributed by atoms with Crippen molar-refractivity contribution in [3.63, 3.8) is 0 Å². The molecule has 3 nitrogen and oxygen atoms in total. The summed E-state index contributed by atoms with van der Waals surface area (Å²) >= 11 is 0. The van der Waals surface area contributed by atoms with Crippen molar-refractivity contribution in [1.29, 1.82) is 0 Å². The van der Waals surface area contributed by atoms with E-state index < -0.39 is 18.6 Å². The number of amides is 1. The number of alkyl halides is 3. The van der Waals surface area contributed by atoms with Crippen molar-refractivity contribution in [2.75, 3.05) is 5.32 Å². The molecule has 0 spiro atoms. The van der Waals surface area contributed by atoms with Crippen molar-refractivity contribution < 1.29 is 18.0 Å². The summed E-state index contributed by atoms with van der Waals surface area (Å²) in [6, 6.07) is 5.76. The molecule has 0 saturated carbocycles. The molecule has 1 unspecified atom stereocenters. The Morgan fingerprint density at radius 2 is 1.86 bits per heavy atom. The van der Waals surface area contributed by atoms with Crippen LogP contribution in [0.25, 0.3) is 0 Å². The maximum absolute atomic E-state index is 12.1. The second kappa shape index (κ2) is 8.89. The lowest BCUT2D eigenvalue weighted by molar-refractivity contribution is -0.134. The van der Waals surface area contributed by atoms with Crippen LogP contribution in [0.2, 0.25) is 0 Å². The first-order valence-electron chi connectivity index (χ1n) is 6.54. The van der Waals surface area contributed by atoms with E-state index in [1.807, 2.05) is 6.92 Å². The van der Waals surface area contributed by atoms with Gasteiger partial charge in [0.25, 0.3) is 0 Å². The Morgan fingerprint density at radius 3 is 2.33 bits per heavy atom. The van der Waals surface area contributed by atoms with Crippen molar-refractivity contribution in [1.82, 2.24) is 0 Å². The number of hydrogen-bond acceptors (Lipinski definition) is 2. The van der Waals surface area contributed by atoms with Crippen LogP contribution in [0.3, 0.4) is 0 Å². The van der Waals surface area contributed by atoms with E-state index in [1.54, 1.807) is 24.3 Å². The minimum Gasteiger partial charge on any atom is -0.325 e. The molecule has 0 aliphatic carbocycles. The lowest BCUT2D eigenvalue weighted by Gasteiger charge is -2.12. The zero-order valence-electron chi connectivity index (χ0n) is 11.7. The molecule has 0 aliphatic heterocycles. The number of benzene rings is 1. The van der Waals surface area contributed by atoms with Gasteiger partial charge in [0.05, 0.1) is 6.04 Å². The number of halogens is 4. The van der Waals surface area contributed by atoms with E-state index in [0.717, 1.165) is 6.42 Å². The van der Waals surface area contributed by atoms with Gasteiger partial charge in [0.15, 0.2) is 0 Å². The third-order valence-electron chi connectivity index (χ3n) is 2.86. The highest BCUT2D eigenvalue weighted by atomic mass is 35.5. The first kappa shape index (κ1) is 19.7. The fourth-order valence-electron chi connectivity index (χ4n) is 1.72. The minimum atomic E-state index is -4.15. The quantitative estimate of drug-likeness (QED) is 0.839. The molecule has 0 aliphatic rings. The van der Waals surface area contributed by atoms with E-state index >= 15 is 0 Å². The molecule has 1 rings (SSSR count). The zero-order chi connectivity index (χ0) is 15.2. The van der Waals surface area contributed by atoms with Gasteiger partial charge in [-0.2, -0.15) is 13.2 Å². The highest BCUT2D eigenvalue weighted by molar-refractivity contribution is 5.94. The number of carbonyl (C=O) groups is 1. The highest BCUT2D eigenvalue weighted by Gasteiger charge is 2.26. The van der Waals surface area contributed by atoms with Crippen LogP contribution in [0.15, 0.2) is 24.3 Å². The molecular weight excluding hydrogens is 305 g/mol. The number of rotatable bonds is 6. The summed E-state index contributed by atoms with van der Waals surface area (Å²) in [6.07, 6.45) is -3.66. The van der Waals surface area contributed by atoms with Crippen molar-refractivity contribution in [3.8, 4) is 0 Å². The molecule has 1 atom stereocenters. The number of aryl methyl sites for hydroxylation is 1. The molecule has 3 N–H and O–H groups in total. The van der Waals surface area contributed by atoms with Crippen LogP contribution in [-0.2, 0) is 11.2 Å². The van der Waals surface area contributed by atoms with Crippen LogP contribution >= 0.6 is 12.4 Å². The molecule has 0 heterocycles. The molecule has 0 radical (unpaired) electrons. The number of anilines is 1. The van der Waals surface area contributed by atoms with Gasteiger partial charge in [-0.3, -0.25) is 4.79 Å². The molecule has 7 heteroatoms. The summed E-state index contributed by atoms with van der Waals surface area (Å²) in [5, 5.41) is 2.64. The van der Waals surface area contributed by atoms with Crippen LogP contribution in [0.5, 0.6) is 0 Å². The van der Waals surface area contributed by atoms with E-state index in [-0.39, 0.29) is 24.7 Å². The number of hydrogen-bond donors (Lipinski definition) is 2. The Bertz CT molecular complexity index is 435. The first-order valence-corrected chi connectivity index (χ1v) is 6.54. The van der Waals surface area contributed by atoms with Gasteiger partial charge in [-0.05, 0) is 30.5 Å². The van der Waals surface area contributed by atoms with E-state index in [4.69, 9.17) is 5.73 Å². The fraction of sp³-hybridized carbons (Fsp3) is 0.500. The molecule has 0 fully saturated rings. The van der Waals surface area contributed by atoms with Gasteiger partial charge in [0.1, 0.15) is 0 Å². The molecule has 0 aromatic heterocycles. The van der Waals surface area contributed by atoms with Gasteiger partial charge in [-0.1, -0.05) is 25.5 Å². The predicted molar refractivity (Wildman–Crippen MR) is 79.6 cm³/mol. The van der Waals surface area contributed by atoms with Gasteiger partial charge >= 0.3 is 6.18 Å². The summed E-state index contributed by atoms with van der Waals surface area (Å²) in [7, 11) is 0. The maximum atomic E-state index is 12.1. The van der Waals surface area contributed by atoms with Gasteiger partial charge in [-0.25, -0.2) is 0 Å². The van der Waals surface area contributed by atoms with Gasteiger partial charge in [-0.15, -0.1) is 12.4 Å². The first-order chi connectivity index (χ1) is 9.31. The molecule has 1 amide bonds. The van der Waals surface area contributed by atoms with E-state index in [0.29, 0.717) is 17.7 Å².